The van der Waals surface area contributed by atoms with Crippen LogP contribution < -0.4 is 14.5 Å². The van der Waals surface area contributed by atoms with Crippen molar-refractivity contribution in [2.24, 2.45) is 17.8 Å². The summed E-state index contributed by atoms with van der Waals surface area (Å²) in [5.74, 6) is 0.682. The first-order valence-corrected chi connectivity index (χ1v) is 19.1. The van der Waals surface area contributed by atoms with Crippen molar-refractivity contribution in [1.82, 2.24) is 9.80 Å². The highest BCUT2D eigenvalue weighted by molar-refractivity contribution is 5.87. The average molecular weight is 691 g/mol. The minimum absolute atomic E-state index is 0.0567. The highest BCUT2D eigenvalue weighted by atomic mass is 16.5. The van der Waals surface area contributed by atoms with Crippen LogP contribution in [-0.2, 0) is 30.0 Å². The summed E-state index contributed by atoms with van der Waals surface area (Å²) in [7, 11) is 7.14. The lowest BCUT2D eigenvalue weighted by atomic mass is 9.49. The Morgan fingerprint density at radius 2 is 1.61 bits per heavy atom. The number of carbonyl (C=O) groups is 2. The Morgan fingerprint density at radius 1 is 0.863 bits per heavy atom. The standard InChI is InChI=1S/C42H50N4O5/c1-7-23-21-44-16-14-41-29-19-30(34(49-4)20-32(29)43(3)38(41)33(44)17-26(23)36(41)39(47)50-5)42-28-13-15-45-22-24(8-2)27(18-35(42)45)37(40(48)51-6)46(42)31-12-10-9-11-25(28)31/h7-12,19-20,26-28,33,35-38H,13-18,21-22H2,1-6H3/b23-7-,24-8-/t26-,27-,28+,33-,35-,36-,37-,38-,41-,42+/m0/s1. The van der Waals surface area contributed by atoms with Gasteiger partial charge in [0, 0.05) is 72.5 Å². The third-order valence-corrected chi connectivity index (χ3v) is 15.3. The maximum atomic E-state index is 14.3. The molecule has 2 aromatic carbocycles. The van der Waals surface area contributed by atoms with Crippen LogP contribution in [-0.4, -0.2) is 100 Å². The zero-order valence-electron chi connectivity index (χ0n) is 30.7. The van der Waals surface area contributed by atoms with Gasteiger partial charge in [-0.1, -0.05) is 41.5 Å². The fourth-order valence-corrected chi connectivity index (χ4v) is 13.7. The van der Waals surface area contributed by atoms with Crippen LogP contribution in [0.1, 0.15) is 62.1 Å². The summed E-state index contributed by atoms with van der Waals surface area (Å²) in [5, 5.41) is 0. The molecule has 0 amide bonds. The van der Waals surface area contributed by atoms with Crippen LogP contribution in [0.4, 0.5) is 11.4 Å². The number of piperidine rings is 5. The summed E-state index contributed by atoms with van der Waals surface area (Å²) >= 11 is 0. The fraction of sp³-hybridized carbons (Fsp3) is 0.571. The molecule has 1 saturated carbocycles. The molecule has 10 atom stereocenters. The van der Waals surface area contributed by atoms with E-state index in [2.05, 4.69) is 89.0 Å². The Balaban J connectivity index is 1.27. The summed E-state index contributed by atoms with van der Waals surface area (Å²) in [6, 6.07) is 13.7. The number of ether oxygens (including phenoxy) is 3. The highest BCUT2D eigenvalue weighted by Crippen LogP contribution is 2.69. The summed E-state index contributed by atoms with van der Waals surface area (Å²) in [5.41, 5.74) is 7.72. The molecule has 7 aliphatic heterocycles. The molecule has 5 bridgehead atoms. The predicted molar refractivity (Wildman–Crippen MR) is 195 cm³/mol. The Bertz CT molecular complexity index is 1920. The Morgan fingerprint density at radius 3 is 2.35 bits per heavy atom. The van der Waals surface area contributed by atoms with E-state index in [9.17, 15) is 9.59 Å². The molecule has 0 spiro atoms. The van der Waals surface area contributed by atoms with Gasteiger partial charge in [0.25, 0.3) is 0 Å². The zero-order chi connectivity index (χ0) is 35.1. The van der Waals surface area contributed by atoms with E-state index >= 15 is 0 Å². The van der Waals surface area contributed by atoms with Gasteiger partial charge in [0.05, 0.1) is 38.8 Å². The van der Waals surface area contributed by atoms with Crippen molar-refractivity contribution in [2.45, 2.75) is 80.6 Å². The van der Waals surface area contributed by atoms with Gasteiger partial charge >= 0.3 is 11.9 Å². The number of para-hydroxylation sites is 1. The fourth-order valence-electron chi connectivity index (χ4n) is 13.7. The number of allylic oxidation sites excluding steroid dienone is 2. The largest absolute Gasteiger partial charge is 0.496 e. The van der Waals surface area contributed by atoms with Crippen LogP contribution in [0.5, 0.6) is 5.75 Å². The van der Waals surface area contributed by atoms with Crippen LogP contribution in [0.3, 0.4) is 0 Å². The number of likely N-dealkylation sites (N-methyl/N-ethyl adjacent to an activating group) is 1. The number of hydrogen-bond donors (Lipinski definition) is 0. The number of benzene rings is 2. The van der Waals surface area contributed by atoms with E-state index in [1.807, 2.05) is 0 Å². The van der Waals surface area contributed by atoms with Crippen LogP contribution in [0.2, 0.25) is 0 Å². The van der Waals surface area contributed by atoms with Crippen molar-refractivity contribution < 1.29 is 23.8 Å². The van der Waals surface area contributed by atoms with Gasteiger partial charge in [-0.25, -0.2) is 4.79 Å². The maximum absolute atomic E-state index is 14.3. The van der Waals surface area contributed by atoms with Crippen molar-refractivity contribution >= 4 is 23.3 Å². The average Bonchev–Trinajstić information content (AvgIpc) is 3.60. The smallest absolute Gasteiger partial charge is 0.329 e. The zero-order valence-corrected chi connectivity index (χ0v) is 30.7. The Labute approximate surface area is 301 Å². The number of methoxy groups -OCH3 is 3. The number of carbonyl (C=O) groups excluding carboxylic acids is 2. The molecule has 7 heterocycles. The van der Waals surface area contributed by atoms with E-state index in [0.29, 0.717) is 6.04 Å². The van der Waals surface area contributed by atoms with Crippen LogP contribution in [0, 0.1) is 17.8 Å². The van der Waals surface area contributed by atoms with Crippen molar-refractivity contribution in [1.29, 1.82) is 0 Å². The molecular weight excluding hydrogens is 640 g/mol. The highest BCUT2D eigenvalue weighted by Gasteiger charge is 2.72. The molecule has 8 aliphatic rings. The minimum atomic E-state index is -0.565. The predicted octanol–water partition coefficient (Wildman–Crippen LogP) is 4.99. The molecule has 9 heteroatoms. The van der Waals surface area contributed by atoms with E-state index in [4.69, 9.17) is 14.2 Å². The summed E-state index contributed by atoms with van der Waals surface area (Å²) < 4.78 is 18.0. The molecule has 2 aromatic rings. The third-order valence-electron chi connectivity index (χ3n) is 15.3. The summed E-state index contributed by atoms with van der Waals surface area (Å²) in [4.78, 5) is 38.9. The monoisotopic (exact) mass is 690 g/mol. The van der Waals surface area contributed by atoms with E-state index in [1.54, 1.807) is 14.2 Å². The van der Waals surface area contributed by atoms with Gasteiger partial charge in [-0.3, -0.25) is 14.6 Å². The second-order valence-electron chi connectivity index (χ2n) is 16.4. The number of nitrogens with zero attached hydrogens (tertiary/aromatic N) is 4. The van der Waals surface area contributed by atoms with E-state index in [-0.39, 0.29) is 47.7 Å². The van der Waals surface area contributed by atoms with Crippen molar-refractivity contribution in [3.63, 3.8) is 0 Å². The number of hydrogen-bond acceptors (Lipinski definition) is 9. The van der Waals surface area contributed by atoms with Crippen LogP contribution in [0.25, 0.3) is 0 Å². The number of esters is 2. The van der Waals surface area contributed by atoms with Gasteiger partial charge in [0.1, 0.15) is 11.8 Å². The van der Waals surface area contributed by atoms with E-state index in [1.165, 1.54) is 29.4 Å². The lowest BCUT2D eigenvalue weighted by Crippen LogP contribution is -2.74. The van der Waals surface area contributed by atoms with Crippen LogP contribution >= 0.6 is 0 Å². The summed E-state index contributed by atoms with van der Waals surface area (Å²) in [6.45, 7) is 7.99. The Kier molecular flexibility index (Phi) is 6.79. The molecule has 1 aliphatic carbocycles. The molecular formula is C42H50N4O5. The molecule has 0 N–H and O–H groups in total. The second-order valence-corrected chi connectivity index (χ2v) is 16.4. The Hall–Kier alpha value is -3.82. The van der Waals surface area contributed by atoms with Crippen molar-refractivity contribution in [3.8, 4) is 5.75 Å². The quantitative estimate of drug-likeness (QED) is 0.326. The van der Waals surface area contributed by atoms with Gasteiger partial charge in [-0.05, 0) is 81.8 Å². The molecule has 0 aromatic heterocycles. The number of anilines is 2. The van der Waals surface area contributed by atoms with E-state index in [0.717, 1.165) is 74.6 Å². The molecule has 51 heavy (non-hydrogen) atoms. The molecule has 0 radical (unpaired) electrons. The lowest BCUT2D eigenvalue weighted by molar-refractivity contribution is -0.158. The molecule has 10 rings (SSSR count). The maximum Gasteiger partial charge on any atom is 0.329 e. The molecule has 9 nitrogen and oxygen atoms in total. The lowest BCUT2D eigenvalue weighted by Gasteiger charge is -2.65. The van der Waals surface area contributed by atoms with Gasteiger partial charge in [0.2, 0.25) is 0 Å². The van der Waals surface area contributed by atoms with Crippen molar-refractivity contribution in [3.05, 3.63) is 76.4 Å². The normalized spacial score (nSPS) is 39.9. The molecule has 5 saturated heterocycles. The van der Waals surface area contributed by atoms with Gasteiger partial charge in [-0.15, -0.1) is 0 Å². The minimum Gasteiger partial charge on any atom is -0.496 e. The summed E-state index contributed by atoms with van der Waals surface area (Å²) in [6.07, 6.45) is 8.22. The molecule has 6 fully saturated rings. The third kappa shape index (κ3) is 3.60. The number of rotatable bonds is 4. The van der Waals surface area contributed by atoms with Crippen LogP contribution in [0.15, 0.2) is 59.7 Å². The first-order valence-electron chi connectivity index (χ1n) is 19.1. The first kappa shape index (κ1) is 31.9. The second kappa shape index (κ2) is 10.9. The van der Waals surface area contributed by atoms with Gasteiger partial charge < -0.3 is 24.0 Å². The SMILES string of the molecule is C/C=C1/CN2CC[C@@H]3c4ccccc4N4[C@H](C(=O)OC)[C@H]1C[C@H]2[C@]34c1cc2c(cc1OC)N(C)[C@H]1[C@@H]3C[C@H]4/C(=C\C)CN3CC[C@@]21[C@@H]4C(=O)OC. The van der Waals surface area contributed by atoms with Gasteiger partial charge in [0.15, 0.2) is 0 Å². The van der Waals surface area contributed by atoms with E-state index < -0.39 is 17.0 Å². The number of fused-ring (bicyclic) bond motifs is 6. The van der Waals surface area contributed by atoms with Gasteiger partial charge in [-0.2, -0.15) is 0 Å². The first-order chi connectivity index (χ1) is 24.8. The van der Waals surface area contributed by atoms with Crippen molar-refractivity contribution in [2.75, 3.05) is 64.4 Å². The topological polar surface area (TPSA) is 74.8 Å². The molecule has 0 unspecified atom stereocenters. The molecule has 268 valence electrons.